The van der Waals surface area contributed by atoms with E-state index in [4.69, 9.17) is 39.4 Å². The lowest BCUT2D eigenvalue weighted by atomic mass is 9.96. The van der Waals surface area contributed by atoms with Gasteiger partial charge in [-0.1, -0.05) is 71.7 Å². The molecule has 4 atom stereocenters. The second-order valence-electron chi connectivity index (χ2n) is 15.6. The van der Waals surface area contributed by atoms with Crippen LogP contribution in [0, 0.1) is 11.6 Å². The van der Waals surface area contributed by atoms with Gasteiger partial charge in [-0.3, -0.25) is 19.2 Å². The fraction of sp³-hybridized carbons (Fsp3) is 0.298. The molecule has 4 aromatic carbocycles. The van der Waals surface area contributed by atoms with Crippen LogP contribution in [-0.4, -0.2) is 103 Å². The van der Waals surface area contributed by atoms with E-state index in [0.717, 1.165) is 11.1 Å². The number of carboxylic acid groups (broad SMARTS) is 1. The molecule has 6 rings (SSSR count). The molecule has 6 aromatic rings. The van der Waals surface area contributed by atoms with Crippen LogP contribution in [-0.2, 0) is 32.0 Å². The van der Waals surface area contributed by atoms with Crippen LogP contribution in [0.3, 0.4) is 0 Å². The summed E-state index contributed by atoms with van der Waals surface area (Å²) in [5.41, 5.74) is 15.2. The van der Waals surface area contributed by atoms with Crippen molar-refractivity contribution in [3.63, 3.8) is 0 Å². The highest BCUT2D eigenvalue weighted by Crippen LogP contribution is 2.28. The van der Waals surface area contributed by atoms with Crippen molar-refractivity contribution in [2.24, 2.45) is 11.5 Å². The highest BCUT2D eigenvalue weighted by molar-refractivity contribution is 6.31. The van der Waals surface area contributed by atoms with Gasteiger partial charge < -0.3 is 37.3 Å². The van der Waals surface area contributed by atoms with Gasteiger partial charge in [0.15, 0.2) is 11.4 Å². The minimum atomic E-state index is -1.23. The third-order valence-electron chi connectivity index (χ3n) is 10.5. The van der Waals surface area contributed by atoms with Gasteiger partial charge in [0.05, 0.1) is 19.0 Å². The summed E-state index contributed by atoms with van der Waals surface area (Å²) in [4.78, 5) is 61.2. The molecule has 364 valence electrons. The third kappa shape index (κ3) is 16.6. The molecule has 0 spiro atoms. The van der Waals surface area contributed by atoms with Crippen LogP contribution in [0.2, 0.25) is 10.0 Å². The standard InChI is InChI=1S/C25H28ClFN6O4.C22H23ClFN5O3/c26-17-8-9-20(27)19(12-17)16-6-4-15(5-7-16)11-18(30-24(35)22-14-29-33-32-22)13-21(25(36)37)31-23(34)3-1-2-10-28;1-2-32-22(31)19(25)11-16(27-21(30)20-12-26-29-28-20)9-13-3-5-14(6-4-13)17-10-15(23)7-8-18(17)24/h4-9,12,14,18,21H,1-3,10-11,13,28H2,(H,30,35)(H,31,34)(H,36,37)(H,29,32,33);3-8,10,12,16,19H,2,9,11,25H2,1H3,(H,27,30)(H,26,28,29)/t18-,21-;16-,19-/m11/s1. The molecule has 0 fully saturated rings. The topological polar surface area (TPSA) is 286 Å². The fourth-order valence-electron chi connectivity index (χ4n) is 7.03. The summed E-state index contributed by atoms with van der Waals surface area (Å²) in [6.07, 6.45) is 4.60. The van der Waals surface area contributed by atoms with Crippen LogP contribution < -0.4 is 27.4 Å². The number of carbonyl (C=O) groups excluding carboxylic acids is 4. The summed E-state index contributed by atoms with van der Waals surface area (Å²) in [7, 11) is 0. The first kappa shape index (κ1) is 52.8. The van der Waals surface area contributed by atoms with E-state index in [9.17, 15) is 37.9 Å². The Kier molecular flexibility index (Phi) is 20.2. The number of amides is 3. The summed E-state index contributed by atoms with van der Waals surface area (Å²) in [5.74, 6) is -3.95. The number of unbranched alkanes of at least 4 members (excludes halogenated alkanes) is 1. The van der Waals surface area contributed by atoms with Crippen molar-refractivity contribution < 1.29 is 42.6 Å². The molecule has 0 saturated heterocycles. The van der Waals surface area contributed by atoms with Crippen molar-refractivity contribution in [1.29, 1.82) is 0 Å². The summed E-state index contributed by atoms with van der Waals surface area (Å²) in [6.45, 7) is 2.34. The predicted octanol–water partition coefficient (Wildman–Crippen LogP) is 5.58. The maximum Gasteiger partial charge on any atom is 0.326 e. The van der Waals surface area contributed by atoms with E-state index >= 15 is 0 Å². The van der Waals surface area contributed by atoms with Crippen molar-refractivity contribution in [3.05, 3.63) is 142 Å². The number of nitrogens with zero attached hydrogens (tertiary/aromatic N) is 4. The summed E-state index contributed by atoms with van der Waals surface area (Å²) >= 11 is 12.0. The molecule has 3 amide bonds. The first-order valence-electron chi connectivity index (χ1n) is 21.7. The highest BCUT2D eigenvalue weighted by atomic mass is 35.5. The maximum absolute atomic E-state index is 14.2. The van der Waals surface area contributed by atoms with E-state index in [-0.39, 0.29) is 49.5 Å². The largest absolute Gasteiger partial charge is 0.480 e. The SMILES string of the molecule is CCOC(=O)[C@H](N)C[C@@H](Cc1ccc(-c2cc(Cl)ccc2F)cc1)NC(=O)c1cn[nH]n1.NCCCCC(=O)N[C@H](C[C@@H](Cc1ccc(-c2cc(Cl)ccc2F)cc1)NC(=O)c1cn[nH]n1)C(=O)O. The number of benzene rings is 4. The second-order valence-corrected chi connectivity index (χ2v) is 16.5. The highest BCUT2D eigenvalue weighted by Gasteiger charge is 2.27. The predicted molar refractivity (Wildman–Crippen MR) is 253 cm³/mol. The van der Waals surface area contributed by atoms with Gasteiger partial charge >= 0.3 is 11.9 Å². The van der Waals surface area contributed by atoms with Crippen LogP contribution in [0.5, 0.6) is 0 Å². The number of aromatic nitrogens is 6. The Bertz CT molecular complexity index is 2630. The van der Waals surface area contributed by atoms with E-state index < -0.39 is 59.6 Å². The number of rotatable bonds is 22. The Morgan fingerprint density at radius 2 is 1.19 bits per heavy atom. The quantitative estimate of drug-likeness (QED) is 0.0305. The monoisotopic (exact) mass is 989 g/mol. The number of hydrogen-bond donors (Lipinski definition) is 8. The average molecular weight is 991 g/mol. The molecule has 2 heterocycles. The number of carboxylic acids is 1. The van der Waals surface area contributed by atoms with E-state index in [2.05, 4.69) is 46.8 Å². The van der Waals surface area contributed by atoms with Crippen LogP contribution in [0.25, 0.3) is 22.3 Å². The molecule has 0 bridgehead atoms. The Morgan fingerprint density at radius 1 is 0.710 bits per heavy atom. The number of nitrogens with two attached hydrogens (primary N) is 2. The van der Waals surface area contributed by atoms with E-state index in [1.54, 1.807) is 49.4 Å². The lowest BCUT2D eigenvalue weighted by molar-refractivity contribution is -0.145. The summed E-state index contributed by atoms with van der Waals surface area (Å²) < 4.78 is 33.4. The molecule has 0 unspecified atom stereocenters. The Balaban J connectivity index is 0.000000260. The van der Waals surface area contributed by atoms with Crippen molar-refractivity contribution >= 4 is 52.9 Å². The minimum absolute atomic E-state index is 0.0366. The molecule has 0 aliphatic heterocycles. The summed E-state index contributed by atoms with van der Waals surface area (Å²) in [6, 6.07) is 19.5. The smallest absolute Gasteiger partial charge is 0.326 e. The lowest BCUT2D eigenvalue weighted by Crippen LogP contribution is -2.47. The van der Waals surface area contributed by atoms with Crippen molar-refractivity contribution in [3.8, 4) is 22.3 Å². The van der Waals surface area contributed by atoms with Crippen LogP contribution in [0.4, 0.5) is 8.78 Å². The number of esters is 1. The number of aliphatic carboxylic acids is 1. The molecule has 69 heavy (non-hydrogen) atoms. The van der Waals surface area contributed by atoms with Crippen molar-refractivity contribution in [2.75, 3.05) is 13.2 Å². The first-order valence-corrected chi connectivity index (χ1v) is 22.5. The lowest BCUT2D eigenvalue weighted by Gasteiger charge is -2.23. The van der Waals surface area contributed by atoms with Gasteiger partial charge in [0.1, 0.15) is 23.7 Å². The molecule has 0 saturated carbocycles. The number of ether oxygens (including phenoxy) is 1. The summed E-state index contributed by atoms with van der Waals surface area (Å²) in [5, 5.41) is 38.2. The minimum Gasteiger partial charge on any atom is -0.480 e. The van der Waals surface area contributed by atoms with Crippen molar-refractivity contribution in [2.45, 2.75) is 76.0 Å². The van der Waals surface area contributed by atoms with Crippen molar-refractivity contribution in [1.82, 2.24) is 46.8 Å². The van der Waals surface area contributed by atoms with Gasteiger partial charge in [0, 0.05) is 39.7 Å². The zero-order valence-corrected chi connectivity index (χ0v) is 38.8. The second kappa shape index (κ2) is 26.4. The Hall–Kier alpha value is -7.13. The van der Waals surface area contributed by atoms with Gasteiger partial charge in [0.25, 0.3) is 11.8 Å². The number of nitrogens with one attached hydrogen (secondary N) is 5. The van der Waals surface area contributed by atoms with E-state index in [1.165, 1.54) is 42.7 Å². The molecule has 22 heteroatoms. The zero-order chi connectivity index (χ0) is 49.9. The number of aromatic amines is 2. The van der Waals surface area contributed by atoms with Gasteiger partial charge in [0.2, 0.25) is 5.91 Å². The van der Waals surface area contributed by atoms with Crippen LogP contribution in [0.1, 0.15) is 71.1 Å². The van der Waals surface area contributed by atoms with Crippen LogP contribution in [0.15, 0.2) is 97.3 Å². The van der Waals surface area contributed by atoms with Gasteiger partial charge in [-0.05, 0) is 111 Å². The van der Waals surface area contributed by atoms with Crippen LogP contribution >= 0.6 is 23.2 Å². The third-order valence-corrected chi connectivity index (χ3v) is 10.9. The molecule has 0 radical (unpaired) electrons. The zero-order valence-electron chi connectivity index (χ0n) is 37.3. The van der Waals surface area contributed by atoms with E-state index in [1.807, 2.05) is 12.1 Å². The van der Waals surface area contributed by atoms with E-state index in [0.29, 0.717) is 58.1 Å². The van der Waals surface area contributed by atoms with Gasteiger partial charge in [-0.15, -0.1) is 0 Å². The molecular formula is C47H51Cl2F2N11O7. The fourth-order valence-corrected chi connectivity index (χ4v) is 7.37. The Labute approximate surface area is 405 Å². The molecule has 0 aliphatic carbocycles. The maximum atomic E-state index is 14.2. The molecular weight excluding hydrogens is 939 g/mol. The molecule has 18 nitrogen and oxygen atoms in total. The number of hydrogen-bond acceptors (Lipinski definition) is 12. The Morgan fingerprint density at radius 3 is 1.61 bits per heavy atom. The number of carbonyl (C=O) groups is 5. The molecule has 10 N–H and O–H groups in total. The first-order chi connectivity index (χ1) is 33.1. The molecule has 2 aromatic heterocycles. The molecule has 0 aliphatic rings. The van der Waals surface area contributed by atoms with Gasteiger partial charge in [-0.2, -0.15) is 30.8 Å². The van der Waals surface area contributed by atoms with Gasteiger partial charge in [-0.25, -0.2) is 13.6 Å². The number of halogens is 4. The number of H-pyrrole nitrogens is 2. The normalized spacial score (nSPS) is 12.6. The average Bonchev–Trinajstić information content (AvgIpc) is 4.08.